The molecule has 6 aromatic carbocycles. The number of fused-ring (bicyclic) bond motifs is 8. The van der Waals surface area contributed by atoms with Crippen molar-refractivity contribution in [2.24, 2.45) is 0 Å². The fourth-order valence-electron chi connectivity index (χ4n) is 6.22. The van der Waals surface area contributed by atoms with Gasteiger partial charge >= 0.3 is 0 Å². The average molecular weight is 551 g/mol. The van der Waals surface area contributed by atoms with E-state index in [0.29, 0.717) is 23.2 Å². The van der Waals surface area contributed by atoms with E-state index in [1.807, 2.05) is 60.7 Å². The Hall–Kier alpha value is -5.94. The molecule has 200 valence electrons. The van der Waals surface area contributed by atoms with E-state index in [4.69, 9.17) is 19.4 Å². The molecule has 9 rings (SSSR count). The molecule has 5 heteroatoms. The Kier molecular flexibility index (Phi) is 5.13. The molecule has 9 aromatic rings. The Labute approximate surface area is 246 Å². The van der Waals surface area contributed by atoms with Gasteiger partial charge in [0.1, 0.15) is 5.58 Å². The summed E-state index contributed by atoms with van der Waals surface area (Å²) >= 11 is 0. The molecule has 0 bridgehead atoms. The maximum absolute atomic E-state index is 6.09. The molecule has 0 spiro atoms. The molecule has 43 heavy (non-hydrogen) atoms. The van der Waals surface area contributed by atoms with Crippen molar-refractivity contribution in [2.75, 3.05) is 0 Å². The van der Waals surface area contributed by atoms with Crippen LogP contribution in [0.15, 0.2) is 138 Å². The molecular weight excluding hydrogens is 528 g/mol. The third-order valence-electron chi connectivity index (χ3n) is 8.21. The Morgan fingerprint density at radius 1 is 0.419 bits per heavy atom. The van der Waals surface area contributed by atoms with Crippen molar-refractivity contribution in [3.63, 3.8) is 0 Å². The van der Waals surface area contributed by atoms with Gasteiger partial charge in [-0.3, -0.25) is 0 Å². The van der Waals surface area contributed by atoms with Crippen molar-refractivity contribution in [2.45, 2.75) is 0 Å². The van der Waals surface area contributed by atoms with Crippen LogP contribution in [0.3, 0.4) is 0 Å². The second-order valence-corrected chi connectivity index (χ2v) is 10.7. The molecule has 0 aliphatic rings. The Morgan fingerprint density at radius 3 is 1.98 bits per heavy atom. The first kappa shape index (κ1) is 23.7. The number of furan rings is 1. The third-order valence-corrected chi connectivity index (χ3v) is 8.21. The zero-order chi connectivity index (χ0) is 28.3. The highest BCUT2D eigenvalue weighted by atomic mass is 16.3. The molecule has 0 amide bonds. The summed E-state index contributed by atoms with van der Waals surface area (Å²) in [7, 11) is 0. The molecule has 0 radical (unpaired) electrons. The van der Waals surface area contributed by atoms with Gasteiger partial charge < -0.3 is 4.42 Å². The summed E-state index contributed by atoms with van der Waals surface area (Å²) in [5.74, 6) is 1.81. The molecule has 5 nitrogen and oxygen atoms in total. The van der Waals surface area contributed by atoms with Crippen molar-refractivity contribution in [3.8, 4) is 34.2 Å². The van der Waals surface area contributed by atoms with Crippen LogP contribution < -0.4 is 0 Å². The fraction of sp³-hybridized carbons (Fsp3) is 0. The van der Waals surface area contributed by atoms with Crippen molar-refractivity contribution in [3.05, 3.63) is 134 Å². The lowest BCUT2D eigenvalue weighted by atomic mass is 9.95. The van der Waals surface area contributed by atoms with Crippen LogP contribution in [0.2, 0.25) is 0 Å². The van der Waals surface area contributed by atoms with Gasteiger partial charge in [-0.15, -0.1) is 0 Å². The summed E-state index contributed by atoms with van der Waals surface area (Å²) in [5, 5.41) is 9.04. The largest absolute Gasteiger partial charge is 0.438 e. The molecule has 0 saturated carbocycles. The van der Waals surface area contributed by atoms with E-state index in [-0.39, 0.29) is 0 Å². The van der Waals surface area contributed by atoms with E-state index in [9.17, 15) is 0 Å². The standard InChI is InChI=1S/C38H22N4O/c1-2-10-24(11-3-1)35-40-36(42-37(41-35)32-21-22-39-38-34(32)31-13-6-7-16-33(31)43-38)30-15-8-14-26-28-18-17-23-9-4-5-12-25(23)27(28)19-20-29(26)30/h1-22H. The van der Waals surface area contributed by atoms with Gasteiger partial charge in [-0.05, 0) is 44.5 Å². The number of pyridine rings is 1. The second kappa shape index (κ2) is 9.29. The van der Waals surface area contributed by atoms with E-state index in [1.54, 1.807) is 6.20 Å². The van der Waals surface area contributed by atoms with Crippen LogP contribution in [0.4, 0.5) is 0 Å². The maximum atomic E-state index is 6.09. The van der Waals surface area contributed by atoms with Gasteiger partial charge in [0.15, 0.2) is 17.5 Å². The summed E-state index contributed by atoms with van der Waals surface area (Å²) < 4.78 is 6.09. The van der Waals surface area contributed by atoms with Crippen LogP contribution in [0.1, 0.15) is 0 Å². The molecule has 0 aliphatic heterocycles. The van der Waals surface area contributed by atoms with Crippen molar-refractivity contribution >= 4 is 54.4 Å². The van der Waals surface area contributed by atoms with Gasteiger partial charge in [0.05, 0.1) is 5.39 Å². The Morgan fingerprint density at radius 2 is 1.07 bits per heavy atom. The number of para-hydroxylation sites is 1. The summed E-state index contributed by atoms with van der Waals surface area (Å²) in [6, 6.07) is 43.7. The lowest BCUT2D eigenvalue weighted by Crippen LogP contribution is -2.01. The van der Waals surface area contributed by atoms with Crippen LogP contribution in [0, 0.1) is 0 Å². The van der Waals surface area contributed by atoms with Crippen molar-refractivity contribution in [1.29, 1.82) is 0 Å². The number of hydrogen-bond donors (Lipinski definition) is 0. The molecule has 0 saturated heterocycles. The van der Waals surface area contributed by atoms with Gasteiger partial charge in [0.2, 0.25) is 5.71 Å². The smallest absolute Gasteiger partial charge is 0.228 e. The zero-order valence-corrected chi connectivity index (χ0v) is 22.9. The van der Waals surface area contributed by atoms with Gasteiger partial charge in [-0.2, -0.15) is 0 Å². The van der Waals surface area contributed by atoms with Gasteiger partial charge in [-0.1, -0.05) is 115 Å². The molecule has 0 fully saturated rings. The summed E-state index contributed by atoms with van der Waals surface area (Å²) in [5.41, 5.74) is 4.07. The first-order valence-electron chi connectivity index (χ1n) is 14.2. The fourth-order valence-corrected chi connectivity index (χ4v) is 6.22. The summed E-state index contributed by atoms with van der Waals surface area (Å²) in [4.78, 5) is 19.7. The van der Waals surface area contributed by atoms with Crippen LogP contribution in [-0.4, -0.2) is 19.9 Å². The Bertz CT molecular complexity index is 2520. The molecule has 3 heterocycles. The minimum atomic E-state index is 0.561. The van der Waals surface area contributed by atoms with Crippen LogP contribution in [0.25, 0.3) is 88.5 Å². The normalized spacial score (nSPS) is 11.7. The highest BCUT2D eigenvalue weighted by Gasteiger charge is 2.19. The first-order valence-corrected chi connectivity index (χ1v) is 14.2. The minimum absolute atomic E-state index is 0.561. The molecule has 0 N–H and O–H groups in total. The van der Waals surface area contributed by atoms with E-state index in [1.165, 1.54) is 21.5 Å². The molecule has 0 aliphatic carbocycles. The van der Waals surface area contributed by atoms with Crippen LogP contribution >= 0.6 is 0 Å². The van der Waals surface area contributed by atoms with Crippen molar-refractivity contribution in [1.82, 2.24) is 19.9 Å². The second-order valence-electron chi connectivity index (χ2n) is 10.7. The van der Waals surface area contributed by atoms with Crippen LogP contribution in [0.5, 0.6) is 0 Å². The predicted octanol–water partition coefficient (Wildman–Crippen LogP) is 9.63. The number of benzene rings is 6. The van der Waals surface area contributed by atoms with E-state index in [2.05, 4.69) is 71.7 Å². The highest BCUT2D eigenvalue weighted by molar-refractivity contribution is 6.19. The highest BCUT2D eigenvalue weighted by Crippen LogP contribution is 2.38. The predicted molar refractivity (Wildman–Crippen MR) is 174 cm³/mol. The number of hydrogen-bond acceptors (Lipinski definition) is 5. The Balaban J connectivity index is 1.33. The van der Waals surface area contributed by atoms with Gasteiger partial charge in [0, 0.05) is 28.3 Å². The average Bonchev–Trinajstić information content (AvgIpc) is 3.47. The number of nitrogens with zero attached hydrogens (tertiary/aromatic N) is 4. The van der Waals surface area contributed by atoms with Crippen LogP contribution in [-0.2, 0) is 0 Å². The molecule has 0 unspecified atom stereocenters. The molecule has 0 atom stereocenters. The van der Waals surface area contributed by atoms with E-state index >= 15 is 0 Å². The number of rotatable bonds is 3. The third kappa shape index (κ3) is 3.72. The molecular formula is C38H22N4O. The zero-order valence-electron chi connectivity index (χ0n) is 22.9. The first-order chi connectivity index (χ1) is 21.3. The lowest BCUT2D eigenvalue weighted by molar-refractivity contribution is 0.654. The molecule has 3 aromatic heterocycles. The topological polar surface area (TPSA) is 64.7 Å². The van der Waals surface area contributed by atoms with E-state index < -0.39 is 0 Å². The van der Waals surface area contributed by atoms with Crippen molar-refractivity contribution < 1.29 is 4.42 Å². The SMILES string of the molecule is c1ccc(-c2nc(-c3cccc4c3ccc3c5ccccc5ccc43)nc(-c3ccnc4oc5ccccc5c34)n2)cc1. The quantitative estimate of drug-likeness (QED) is 0.205. The van der Waals surface area contributed by atoms with E-state index in [0.717, 1.165) is 43.8 Å². The summed E-state index contributed by atoms with van der Waals surface area (Å²) in [6.45, 7) is 0. The maximum Gasteiger partial charge on any atom is 0.228 e. The number of aromatic nitrogens is 4. The summed E-state index contributed by atoms with van der Waals surface area (Å²) in [6.07, 6.45) is 1.75. The minimum Gasteiger partial charge on any atom is -0.438 e. The monoisotopic (exact) mass is 550 g/mol. The lowest BCUT2D eigenvalue weighted by Gasteiger charge is -2.12. The van der Waals surface area contributed by atoms with Gasteiger partial charge in [0.25, 0.3) is 0 Å². The van der Waals surface area contributed by atoms with Gasteiger partial charge in [-0.25, -0.2) is 19.9 Å².